The molecule has 1 aromatic rings. The zero-order chi connectivity index (χ0) is 23.1. The Morgan fingerprint density at radius 2 is 1.67 bits per heavy atom. The summed E-state index contributed by atoms with van der Waals surface area (Å²) in [6.07, 6.45) is 4.73. The maximum Gasteiger partial charge on any atom is 0.408 e. The molecule has 3 amide bonds. The number of nitrogens with zero attached hydrogens (tertiary/aromatic N) is 1. The van der Waals surface area contributed by atoms with E-state index in [0.717, 1.165) is 0 Å². The van der Waals surface area contributed by atoms with Crippen LogP contribution >= 0.6 is 0 Å². The molecule has 0 saturated heterocycles. The van der Waals surface area contributed by atoms with Crippen molar-refractivity contribution in [2.45, 2.75) is 65.6 Å². The molecule has 7 nitrogen and oxygen atoms in total. The van der Waals surface area contributed by atoms with Crippen LogP contribution in [0.3, 0.4) is 0 Å². The molecule has 0 aliphatic heterocycles. The molecule has 30 heavy (non-hydrogen) atoms. The number of benzene rings is 1. The second kappa shape index (κ2) is 10.1. The van der Waals surface area contributed by atoms with Crippen molar-refractivity contribution in [3.8, 4) is 12.3 Å². The fraction of sp³-hybridized carbons (Fsp3) is 0.522. The molecule has 164 valence electrons. The van der Waals surface area contributed by atoms with Crippen LogP contribution in [0.25, 0.3) is 0 Å². The molecular weight excluding hydrogens is 382 g/mol. The Labute approximate surface area is 179 Å². The largest absolute Gasteiger partial charge is 0.444 e. The Hall–Kier alpha value is -3.01. The summed E-state index contributed by atoms with van der Waals surface area (Å²) in [4.78, 5) is 39.3. The molecule has 1 unspecified atom stereocenters. The van der Waals surface area contributed by atoms with Gasteiger partial charge in [0.25, 0.3) is 0 Å². The Balaban J connectivity index is 3.11. The molecule has 0 spiro atoms. The molecule has 2 N–H and O–H groups in total. The van der Waals surface area contributed by atoms with E-state index in [9.17, 15) is 14.4 Å². The third kappa shape index (κ3) is 8.16. The molecule has 0 heterocycles. The van der Waals surface area contributed by atoms with Crippen LogP contribution < -0.4 is 10.6 Å². The van der Waals surface area contributed by atoms with E-state index in [1.165, 1.54) is 4.90 Å². The van der Waals surface area contributed by atoms with E-state index in [0.29, 0.717) is 11.1 Å². The summed E-state index contributed by atoms with van der Waals surface area (Å²) in [7, 11) is 0. The van der Waals surface area contributed by atoms with E-state index >= 15 is 0 Å². The lowest BCUT2D eigenvalue weighted by molar-refractivity contribution is -0.140. The van der Waals surface area contributed by atoms with Crippen molar-refractivity contribution in [3.63, 3.8) is 0 Å². The quantitative estimate of drug-likeness (QED) is 0.699. The van der Waals surface area contributed by atoms with E-state index < -0.39 is 29.2 Å². The molecule has 0 bridgehead atoms. The van der Waals surface area contributed by atoms with Gasteiger partial charge in [-0.15, -0.1) is 6.42 Å². The van der Waals surface area contributed by atoms with Gasteiger partial charge in [0.15, 0.2) is 0 Å². The fourth-order valence-electron chi connectivity index (χ4n) is 2.74. The van der Waals surface area contributed by atoms with Crippen molar-refractivity contribution in [2.24, 2.45) is 0 Å². The minimum Gasteiger partial charge on any atom is -0.444 e. The number of ether oxygens (including phenoxy) is 1. The first-order valence-electron chi connectivity index (χ1n) is 9.92. The predicted molar refractivity (Wildman–Crippen MR) is 117 cm³/mol. The fourth-order valence-corrected chi connectivity index (χ4v) is 2.74. The highest BCUT2D eigenvalue weighted by Crippen LogP contribution is 2.23. The van der Waals surface area contributed by atoms with Gasteiger partial charge < -0.3 is 20.3 Å². The van der Waals surface area contributed by atoms with Gasteiger partial charge >= 0.3 is 6.09 Å². The van der Waals surface area contributed by atoms with E-state index in [1.54, 1.807) is 52.0 Å². The maximum absolute atomic E-state index is 13.1. The lowest BCUT2D eigenvalue weighted by Gasteiger charge is -2.33. The number of hydrogen-bond donors (Lipinski definition) is 2. The number of alkyl carbamates (subject to hydrolysis) is 1. The standard InChI is InChI=1S/C23H33N3O4/c1-9-16-11-13-17(14-12-16)19(20(28)25-22(3,4)5)26(10-2)18(27)15-24-21(29)30-23(6,7)8/h1,11-14,19H,10,15H2,2-8H3,(H,24,29)(H,25,28). The number of carbonyl (C=O) groups excluding carboxylic acids is 3. The third-order valence-corrected chi connectivity index (χ3v) is 3.90. The van der Waals surface area contributed by atoms with Gasteiger partial charge in [0.05, 0.1) is 0 Å². The predicted octanol–water partition coefficient (Wildman–Crippen LogP) is 3.00. The second-order valence-electron chi connectivity index (χ2n) is 8.94. The minimum atomic E-state index is -0.867. The summed E-state index contributed by atoms with van der Waals surface area (Å²) in [5.74, 6) is 1.81. The number of amides is 3. The van der Waals surface area contributed by atoms with Gasteiger partial charge in [0.2, 0.25) is 11.8 Å². The molecular formula is C23H33N3O4. The summed E-state index contributed by atoms with van der Waals surface area (Å²) in [6.45, 7) is 12.6. The van der Waals surface area contributed by atoms with Gasteiger partial charge in [-0.3, -0.25) is 9.59 Å². The number of rotatable bonds is 6. The highest BCUT2D eigenvalue weighted by Gasteiger charge is 2.32. The normalized spacial score (nSPS) is 12.3. The van der Waals surface area contributed by atoms with Crippen LogP contribution in [0.2, 0.25) is 0 Å². The van der Waals surface area contributed by atoms with E-state index in [-0.39, 0.29) is 19.0 Å². The van der Waals surface area contributed by atoms with Crippen LogP contribution in [0, 0.1) is 12.3 Å². The summed E-state index contributed by atoms with van der Waals surface area (Å²) < 4.78 is 5.17. The molecule has 0 fully saturated rings. The van der Waals surface area contributed by atoms with E-state index in [4.69, 9.17) is 11.2 Å². The summed E-state index contributed by atoms with van der Waals surface area (Å²) in [5, 5.41) is 5.38. The first-order chi connectivity index (χ1) is 13.8. The summed E-state index contributed by atoms with van der Waals surface area (Å²) in [6, 6.07) is 6.06. The van der Waals surface area contributed by atoms with Crippen molar-refractivity contribution in [2.75, 3.05) is 13.1 Å². The van der Waals surface area contributed by atoms with Crippen LogP contribution in [0.5, 0.6) is 0 Å². The smallest absolute Gasteiger partial charge is 0.408 e. The Morgan fingerprint density at radius 3 is 2.10 bits per heavy atom. The van der Waals surface area contributed by atoms with Crippen molar-refractivity contribution in [1.82, 2.24) is 15.5 Å². The lowest BCUT2D eigenvalue weighted by atomic mass is 10.0. The highest BCUT2D eigenvalue weighted by atomic mass is 16.6. The molecule has 0 aliphatic carbocycles. The summed E-state index contributed by atoms with van der Waals surface area (Å²) in [5.41, 5.74) is 0.148. The molecule has 1 rings (SSSR count). The average molecular weight is 416 g/mol. The molecule has 0 saturated carbocycles. The second-order valence-corrected chi connectivity index (χ2v) is 8.94. The zero-order valence-corrected chi connectivity index (χ0v) is 19.0. The Kier molecular flexibility index (Phi) is 8.47. The van der Waals surface area contributed by atoms with E-state index in [1.807, 2.05) is 20.8 Å². The number of likely N-dealkylation sites (N-methyl/N-ethyl adjacent to an activating group) is 1. The lowest BCUT2D eigenvalue weighted by Crippen LogP contribution is -2.51. The molecule has 0 radical (unpaired) electrons. The van der Waals surface area contributed by atoms with Crippen LogP contribution in [0.15, 0.2) is 24.3 Å². The number of hydrogen-bond acceptors (Lipinski definition) is 4. The van der Waals surface area contributed by atoms with Crippen LogP contribution in [-0.2, 0) is 14.3 Å². The van der Waals surface area contributed by atoms with Crippen LogP contribution in [0.4, 0.5) is 4.79 Å². The molecule has 1 atom stereocenters. The molecule has 0 aromatic heterocycles. The first-order valence-corrected chi connectivity index (χ1v) is 9.92. The number of nitrogens with one attached hydrogen (secondary N) is 2. The Bertz CT molecular complexity index is 796. The SMILES string of the molecule is C#Cc1ccc(C(C(=O)NC(C)(C)C)N(CC)C(=O)CNC(=O)OC(C)(C)C)cc1. The summed E-state index contributed by atoms with van der Waals surface area (Å²) >= 11 is 0. The van der Waals surface area contributed by atoms with Crippen molar-refractivity contribution in [1.29, 1.82) is 0 Å². The maximum atomic E-state index is 13.1. The van der Waals surface area contributed by atoms with Gasteiger partial charge in [-0.1, -0.05) is 18.1 Å². The Morgan fingerprint density at radius 1 is 1.10 bits per heavy atom. The van der Waals surface area contributed by atoms with Gasteiger partial charge in [0, 0.05) is 17.6 Å². The molecule has 1 aromatic carbocycles. The van der Waals surface area contributed by atoms with Crippen LogP contribution in [0.1, 0.15) is 65.6 Å². The van der Waals surface area contributed by atoms with Gasteiger partial charge in [-0.2, -0.15) is 0 Å². The first kappa shape index (κ1) is 25.0. The molecule has 0 aliphatic rings. The minimum absolute atomic E-state index is 0.272. The number of carbonyl (C=O) groups is 3. The van der Waals surface area contributed by atoms with Gasteiger partial charge in [-0.25, -0.2) is 4.79 Å². The van der Waals surface area contributed by atoms with Crippen molar-refractivity contribution < 1.29 is 19.1 Å². The number of terminal acetylenes is 1. The van der Waals surface area contributed by atoms with Crippen molar-refractivity contribution >= 4 is 17.9 Å². The highest BCUT2D eigenvalue weighted by molar-refractivity contribution is 5.90. The van der Waals surface area contributed by atoms with Gasteiger partial charge in [-0.05, 0) is 66.2 Å². The molecule has 7 heteroatoms. The monoisotopic (exact) mass is 415 g/mol. The van der Waals surface area contributed by atoms with Gasteiger partial charge in [0.1, 0.15) is 18.2 Å². The van der Waals surface area contributed by atoms with Crippen LogP contribution in [-0.4, -0.2) is 47.0 Å². The van der Waals surface area contributed by atoms with E-state index in [2.05, 4.69) is 16.6 Å². The van der Waals surface area contributed by atoms with Crippen molar-refractivity contribution in [3.05, 3.63) is 35.4 Å². The third-order valence-electron chi connectivity index (χ3n) is 3.90. The topological polar surface area (TPSA) is 87.7 Å². The zero-order valence-electron chi connectivity index (χ0n) is 19.0. The average Bonchev–Trinajstić information content (AvgIpc) is 2.61.